The molecule has 21 heavy (non-hydrogen) atoms. The van der Waals surface area contributed by atoms with Gasteiger partial charge in [-0.15, -0.1) is 0 Å². The van der Waals surface area contributed by atoms with E-state index < -0.39 is 11.8 Å². The first kappa shape index (κ1) is 15.1. The van der Waals surface area contributed by atoms with E-state index in [2.05, 4.69) is 0 Å². The van der Waals surface area contributed by atoms with Crippen LogP contribution in [0.5, 0.6) is 5.75 Å². The second kappa shape index (κ2) is 6.45. The van der Waals surface area contributed by atoms with E-state index in [9.17, 15) is 9.18 Å². The molecule has 0 spiro atoms. The lowest BCUT2D eigenvalue weighted by atomic mass is 10.2. The third kappa shape index (κ3) is 3.64. The zero-order valence-corrected chi connectivity index (χ0v) is 12.0. The summed E-state index contributed by atoms with van der Waals surface area (Å²) in [5.74, 6) is -0.825. The average Bonchev–Trinajstić information content (AvgIpc) is 2.47. The minimum Gasteiger partial charge on any atom is -0.496 e. The van der Waals surface area contributed by atoms with Gasteiger partial charge in [-0.1, -0.05) is 11.6 Å². The Bertz CT molecular complexity index is 676. The lowest BCUT2D eigenvalue weighted by Crippen LogP contribution is -2.08. The lowest BCUT2D eigenvalue weighted by Gasteiger charge is -2.10. The molecule has 0 aromatic heterocycles. The predicted molar refractivity (Wildman–Crippen MR) is 77.9 cm³/mol. The smallest absolute Gasteiger partial charge is 0.342 e. The number of rotatable bonds is 4. The van der Waals surface area contributed by atoms with Gasteiger partial charge in [0.2, 0.25) is 0 Å². The quantitative estimate of drug-likeness (QED) is 0.694. The van der Waals surface area contributed by atoms with Crippen LogP contribution in [-0.4, -0.2) is 13.1 Å². The van der Waals surface area contributed by atoms with Crippen molar-refractivity contribution in [1.82, 2.24) is 0 Å². The van der Waals surface area contributed by atoms with E-state index in [-0.39, 0.29) is 17.7 Å². The Balaban J connectivity index is 2.13. The van der Waals surface area contributed by atoms with Crippen LogP contribution in [0.15, 0.2) is 36.4 Å². The van der Waals surface area contributed by atoms with Crippen molar-refractivity contribution in [2.75, 3.05) is 12.8 Å². The van der Waals surface area contributed by atoms with Crippen LogP contribution in [0.4, 0.5) is 10.1 Å². The number of ether oxygens (including phenoxy) is 2. The summed E-state index contributed by atoms with van der Waals surface area (Å²) in [5, 5.41) is 0.368. The number of nitrogens with two attached hydrogens (primary N) is 1. The number of nitrogen functional groups attached to an aromatic ring is 1. The van der Waals surface area contributed by atoms with Gasteiger partial charge in [0.1, 0.15) is 23.7 Å². The highest BCUT2D eigenvalue weighted by Crippen LogP contribution is 2.23. The van der Waals surface area contributed by atoms with Gasteiger partial charge in [-0.05, 0) is 30.3 Å². The van der Waals surface area contributed by atoms with Crippen LogP contribution in [0.2, 0.25) is 5.02 Å². The predicted octanol–water partition coefficient (Wildman–Crippen LogP) is 3.43. The maximum absolute atomic E-state index is 13.5. The van der Waals surface area contributed by atoms with Crippen LogP contribution in [0.25, 0.3) is 0 Å². The Labute approximate surface area is 126 Å². The fourth-order valence-electron chi connectivity index (χ4n) is 1.75. The van der Waals surface area contributed by atoms with Gasteiger partial charge in [-0.3, -0.25) is 0 Å². The largest absolute Gasteiger partial charge is 0.496 e. The van der Waals surface area contributed by atoms with Crippen molar-refractivity contribution in [3.63, 3.8) is 0 Å². The molecule has 2 aromatic carbocycles. The fraction of sp³-hybridized carbons (Fsp3) is 0.133. The van der Waals surface area contributed by atoms with E-state index in [0.717, 1.165) is 0 Å². The van der Waals surface area contributed by atoms with Gasteiger partial charge in [-0.2, -0.15) is 0 Å². The van der Waals surface area contributed by atoms with Gasteiger partial charge in [0.25, 0.3) is 0 Å². The minimum absolute atomic E-state index is 0.199. The fourth-order valence-corrected chi connectivity index (χ4v) is 1.95. The number of benzene rings is 2. The van der Waals surface area contributed by atoms with E-state index in [1.165, 1.54) is 37.4 Å². The first-order chi connectivity index (χ1) is 10.0. The number of methoxy groups -OCH3 is 1. The summed E-state index contributed by atoms with van der Waals surface area (Å²) in [5.41, 5.74) is 6.49. The molecule has 2 aromatic rings. The summed E-state index contributed by atoms with van der Waals surface area (Å²) >= 11 is 5.77. The number of esters is 1. The molecule has 6 heteroatoms. The van der Waals surface area contributed by atoms with E-state index in [4.69, 9.17) is 26.8 Å². The highest BCUT2D eigenvalue weighted by Gasteiger charge is 2.15. The summed E-state index contributed by atoms with van der Waals surface area (Å²) in [7, 11) is 1.42. The van der Waals surface area contributed by atoms with Crippen LogP contribution in [0, 0.1) is 5.82 Å². The summed E-state index contributed by atoms with van der Waals surface area (Å²) in [6.45, 7) is -0.223. The standard InChI is InChI=1S/C15H13ClFNO3/c1-20-14-7-11(18)3-4-12(14)15(19)21-8-9-6-10(16)2-5-13(9)17/h2-7H,8,18H2,1H3. The van der Waals surface area contributed by atoms with Gasteiger partial charge in [0, 0.05) is 22.3 Å². The van der Waals surface area contributed by atoms with Gasteiger partial charge in [0.15, 0.2) is 0 Å². The summed E-state index contributed by atoms with van der Waals surface area (Å²) in [6, 6.07) is 8.60. The van der Waals surface area contributed by atoms with Crippen LogP contribution >= 0.6 is 11.6 Å². The molecule has 0 heterocycles. The Morgan fingerprint density at radius 1 is 1.29 bits per heavy atom. The van der Waals surface area contributed by atoms with E-state index in [0.29, 0.717) is 16.5 Å². The van der Waals surface area contributed by atoms with Crippen molar-refractivity contribution in [2.24, 2.45) is 0 Å². The Hall–Kier alpha value is -2.27. The van der Waals surface area contributed by atoms with Gasteiger partial charge >= 0.3 is 5.97 Å². The molecule has 0 atom stereocenters. The number of hydrogen-bond donors (Lipinski definition) is 1. The monoisotopic (exact) mass is 309 g/mol. The number of hydrogen-bond acceptors (Lipinski definition) is 4. The second-order valence-corrected chi connectivity index (χ2v) is 4.71. The van der Waals surface area contributed by atoms with Crippen LogP contribution in [-0.2, 0) is 11.3 Å². The third-order valence-electron chi connectivity index (χ3n) is 2.81. The molecule has 0 unspecified atom stereocenters. The molecule has 0 saturated heterocycles. The number of halogens is 2. The summed E-state index contributed by atoms with van der Waals surface area (Å²) in [4.78, 5) is 12.0. The minimum atomic E-state index is -0.633. The van der Waals surface area contributed by atoms with Crippen molar-refractivity contribution >= 4 is 23.3 Å². The number of carbonyl (C=O) groups is 1. The van der Waals surface area contributed by atoms with Crippen molar-refractivity contribution < 1.29 is 18.7 Å². The lowest BCUT2D eigenvalue weighted by molar-refractivity contribution is 0.0465. The average molecular weight is 310 g/mol. The zero-order valence-electron chi connectivity index (χ0n) is 11.2. The molecule has 0 radical (unpaired) electrons. The first-order valence-electron chi connectivity index (χ1n) is 6.06. The highest BCUT2D eigenvalue weighted by molar-refractivity contribution is 6.30. The van der Waals surface area contributed by atoms with Crippen LogP contribution < -0.4 is 10.5 Å². The topological polar surface area (TPSA) is 61.5 Å². The van der Waals surface area contributed by atoms with E-state index in [1.807, 2.05) is 0 Å². The zero-order chi connectivity index (χ0) is 15.4. The van der Waals surface area contributed by atoms with Crippen LogP contribution in [0.1, 0.15) is 15.9 Å². The molecular formula is C15H13ClFNO3. The Morgan fingerprint density at radius 3 is 2.76 bits per heavy atom. The molecule has 0 aliphatic rings. The molecule has 2 rings (SSSR count). The van der Waals surface area contributed by atoms with Crippen LogP contribution in [0.3, 0.4) is 0 Å². The molecule has 0 fully saturated rings. The molecule has 0 amide bonds. The van der Waals surface area contributed by atoms with Crippen molar-refractivity contribution in [2.45, 2.75) is 6.61 Å². The molecule has 0 aliphatic heterocycles. The number of anilines is 1. The van der Waals surface area contributed by atoms with E-state index >= 15 is 0 Å². The van der Waals surface area contributed by atoms with Crippen molar-refractivity contribution in [3.05, 3.63) is 58.4 Å². The number of carbonyl (C=O) groups excluding carboxylic acids is 1. The SMILES string of the molecule is COc1cc(N)ccc1C(=O)OCc1cc(Cl)ccc1F. The molecular weight excluding hydrogens is 297 g/mol. The van der Waals surface area contributed by atoms with Crippen molar-refractivity contribution in [3.8, 4) is 5.75 Å². The van der Waals surface area contributed by atoms with Crippen molar-refractivity contribution in [1.29, 1.82) is 0 Å². The summed E-state index contributed by atoms with van der Waals surface area (Å²) < 4.78 is 23.7. The molecule has 0 bridgehead atoms. The van der Waals surface area contributed by atoms with E-state index in [1.54, 1.807) is 6.07 Å². The van der Waals surface area contributed by atoms with Gasteiger partial charge in [0.05, 0.1) is 7.11 Å². The molecule has 4 nitrogen and oxygen atoms in total. The Morgan fingerprint density at radius 2 is 2.05 bits per heavy atom. The van der Waals surface area contributed by atoms with Gasteiger partial charge < -0.3 is 15.2 Å². The molecule has 0 aliphatic carbocycles. The Kier molecular flexibility index (Phi) is 4.65. The normalized spacial score (nSPS) is 10.2. The maximum Gasteiger partial charge on any atom is 0.342 e. The maximum atomic E-state index is 13.5. The third-order valence-corrected chi connectivity index (χ3v) is 3.05. The highest BCUT2D eigenvalue weighted by atomic mass is 35.5. The van der Waals surface area contributed by atoms with Gasteiger partial charge in [-0.25, -0.2) is 9.18 Å². The summed E-state index contributed by atoms with van der Waals surface area (Å²) in [6.07, 6.45) is 0. The second-order valence-electron chi connectivity index (χ2n) is 4.27. The molecule has 0 saturated carbocycles. The first-order valence-corrected chi connectivity index (χ1v) is 6.43. The molecule has 110 valence electrons. The molecule has 2 N–H and O–H groups in total.